The zero-order valence-electron chi connectivity index (χ0n) is 18.1. The third kappa shape index (κ3) is 2.42. The second kappa shape index (κ2) is 6.20. The summed E-state index contributed by atoms with van der Waals surface area (Å²) < 4.78 is 5.20. The van der Waals surface area contributed by atoms with Crippen LogP contribution < -0.4 is 5.63 Å². The molecular formula is C25H36O4. The predicted molar refractivity (Wildman–Crippen MR) is 112 cm³/mol. The number of aliphatic hydroxyl groups is 2. The molecule has 0 bridgehead atoms. The summed E-state index contributed by atoms with van der Waals surface area (Å²) in [4.78, 5) is 11.5. The monoisotopic (exact) mass is 400 g/mol. The van der Waals surface area contributed by atoms with Gasteiger partial charge in [-0.25, -0.2) is 4.79 Å². The number of hydrogen-bond donors (Lipinski definition) is 2. The third-order valence-corrected chi connectivity index (χ3v) is 10.6. The van der Waals surface area contributed by atoms with E-state index in [0.717, 1.165) is 63.4 Å². The van der Waals surface area contributed by atoms with Gasteiger partial charge in [-0.15, -0.1) is 0 Å². The summed E-state index contributed by atoms with van der Waals surface area (Å²) >= 11 is 0. The van der Waals surface area contributed by atoms with Gasteiger partial charge >= 0.3 is 5.63 Å². The molecule has 0 radical (unpaired) electrons. The summed E-state index contributed by atoms with van der Waals surface area (Å²) in [5, 5.41) is 22.7. The second-order valence-electron chi connectivity index (χ2n) is 11.4. The molecule has 0 saturated heterocycles. The minimum atomic E-state index is -0.701. The van der Waals surface area contributed by atoms with Crippen molar-refractivity contribution in [3.05, 3.63) is 34.4 Å². The first-order chi connectivity index (χ1) is 13.6. The van der Waals surface area contributed by atoms with Crippen LogP contribution in [0.3, 0.4) is 0 Å². The molecule has 4 fully saturated rings. The summed E-state index contributed by atoms with van der Waals surface area (Å²) in [6.07, 6.45) is 10.5. The van der Waals surface area contributed by atoms with Gasteiger partial charge in [0, 0.05) is 16.9 Å². The van der Waals surface area contributed by atoms with Gasteiger partial charge < -0.3 is 14.6 Å². The molecule has 0 amide bonds. The molecule has 2 N–H and O–H groups in total. The molecule has 5 rings (SSSR count). The van der Waals surface area contributed by atoms with Gasteiger partial charge in [-0.05, 0) is 92.6 Å². The molecule has 1 aromatic rings. The fourth-order valence-corrected chi connectivity index (χ4v) is 8.93. The van der Waals surface area contributed by atoms with Crippen molar-refractivity contribution >= 4 is 0 Å². The Bertz CT molecular complexity index is 842. The van der Waals surface area contributed by atoms with Gasteiger partial charge in [-0.3, -0.25) is 0 Å². The Morgan fingerprint density at radius 2 is 1.72 bits per heavy atom. The van der Waals surface area contributed by atoms with Gasteiger partial charge in [-0.1, -0.05) is 20.8 Å². The van der Waals surface area contributed by atoms with Crippen LogP contribution in [-0.4, -0.2) is 21.9 Å². The average Bonchev–Trinajstić information content (AvgIpc) is 2.96. The smallest absolute Gasteiger partial charge is 0.335 e. The molecule has 4 heteroatoms. The Labute approximate surface area is 173 Å². The number of fused-ring (bicyclic) bond motifs is 5. The molecule has 160 valence electrons. The highest BCUT2D eigenvalue weighted by atomic mass is 16.4. The lowest BCUT2D eigenvalue weighted by molar-refractivity contribution is -0.254. The zero-order valence-corrected chi connectivity index (χ0v) is 18.1. The maximum Gasteiger partial charge on any atom is 0.335 e. The summed E-state index contributed by atoms with van der Waals surface area (Å²) in [6, 6.07) is 3.42. The van der Waals surface area contributed by atoms with E-state index in [1.54, 1.807) is 6.26 Å². The molecular weight excluding hydrogens is 364 g/mol. The first-order valence-electron chi connectivity index (χ1n) is 11.6. The highest BCUT2D eigenvalue weighted by Crippen LogP contribution is 2.75. The molecule has 4 saturated carbocycles. The molecule has 1 aromatic heterocycles. The van der Waals surface area contributed by atoms with E-state index in [1.807, 2.05) is 6.07 Å². The van der Waals surface area contributed by atoms with Gasteiger partial charge in [0.2, 0.25) is 0 Å². The van der Waals surface area contributed by atoms with Crippen LogP contribution in [0.25, 0.3) is 0 Å². The first kappa shape index (κ1) is 19.8. The van der Waals surface area contributed by atoms with Crippen LogP contribution in [0.5, 0.6) is 0 Å². The Balaban J connectivity index is 1.53. The molecule has 0 spiro atoms. The number of rotatable bonds is 1. The zero-order chi connectivity index (χ0) is 20.7. The Morgan fingerprint density at radius 1 is 0.966 bits per heavy atom. The Kier molecular flexibility index (Phi) is 4.23. The lowest BCUT2D eigenvalue weighted by atomic mass is 9.38. The molecule has 0 aliphatic heterocycles. The van der Waals surface area contributed by atoms with Crippen LogP contribution in [-0.2, 0) is 0 Å². The Morgan fingerprint density at radius 3 is 2.45 bits per heavy atom. The third-order valence-electron chi connectivity index (χ3n) is 10.6. The SMILES string of the molecule is C[C@]12CC[C@H](O)C[C@H]1CC[C@]1(C)C2CC[C@]2(C)[C@@H](c3ccc(=O)oc3)CC[C@]12O. The highest BCUT2D eigenvalue weighted by molar-refractivity contribution is 5.29. The fraction of sp³-hybridized carbons (Fsp3) is 0.800. The van der Waals surface area contributed by atoms with Gasteiger partial charge in [0.1, 0.15) is 0 Å². The van der Waals surface area contributed by atoms with Crippen LogP contribution in [0, 0.1) is 28.1 Å². The van der Waals surface area contributed by atoms with Gasteiger partial charge in [0.15, 0.2) is 0 Å². The summed E-state index contributed by atoms with van der Waals surface area (Å²) in [6.45, 7) is 7.11. The first-order valence-corrected chi connectivity index (χ1v) is 11.6. The van der Waals surface area contributed by atoms with Crippen LogP contribution in [0.2, 0.25) is 0 Å². The molecule has 4 aliphatic carbocycles. The number of hydrogen-bond acceptors (Lipinski definition) is 4. The van der Waals surface area contributed by atoms with E-state index in [1.165, 1.54) is 6.07 Å². The molecule has 1 heterocycles. The summed E-state index contributed by atoms with van der Waals surface area (Å²) in [5.41, 5.74) is -0.0263. The van der Waals surface area contributed by atoms with Crippen molar-refractivity contribution < 1.29 is 14.6 Å². The lowest BCUT2D eigenvalue weighted by Gasteiger charge is -2.68. The maximum atomic E-state index is 12.4. The van der Waals surface area contributed by atoms with Crippen LogP contribution in [0.15, 0.2) is 27.6 Å². The highest BCUT2D eigenvalue weighted by Gasteiger charge is 2.72. The van der Waals surface area contributed by atoms with Gasteiger partial charge in [-0.2, -0.15) is 0 Å². The van der Waals surface area contributed by atoms with E-state index in [9.17, 15) is 15.0 Å². The maximum absolute atomic E-state index is 12.4. The van der Waals surface area contributed by atoms with Crippen molar-refractivity contribution in [1.29, 1.82) is 0 Å². The minimum absolute atomic E-state index is 0.0993. The van der Waals surface area contributed by atoms with Gasteiger partial charge in [0.05, 0.1) is 18.0 Å². The number of aliphatic hydroxyl groups excluding tert-OH is 1. The lowest BCUT2D eigenvalue weighted by Crippen LogP contribution is -2.67. The Hall–Kier alpha value is -1.13. The molecule has 8 atom stereocenters. The molecule has 29 heavy (non-hydrogen) atoms. The molecule has 0 aromatic carbocycles. The quantitative estimate of drug-likeness (QED) is 0.721. The summed E-state index contributed by atoms with van der Waals surface area (Å²) in [5.74, 6) is 1.32. The fourth-order valence-electron chi connectivity index (χ4n) is 8.93. The van der Waals surface area contributed by atoms with Crippen molar-refractivity contribution in [3.8, 4) is 0 Å². The van der Waals surface area contributed by atoms with Crippen LogP contribution >= 0.6 is 0 Å². The standard InChI is InChI=1S/C25H36O4/c1-22-10-7-18(26)14-17(22)6-11-24(3)20(22)9-12-23(2)19(8-13-25(23,24)28)16-4-5-21(27)29-15-16/h4-5,15,17-20,26,28H,6-14H2,1-3H3/t17-,18+,19-,20?,22+,23-,24-,25-/m1/s1. The van der Waals surface area contributed by atoms with Crippen molar-refractivity contribution in [2.75, 3.05) is 0 Å². The van der Waals surface area contributed by atoms with Crippen LogP contribution in [0.1, 0.15) is 90.0 Å². The van der Waals surface area contributed by atoms with Crippen molar-refractivity contribution in [3.63, 3.8) is 0 Å². The van der Waals surface area contributed by atoms with Gasteiger partial charge in [0.25, 0.3) is 0 Å². The van der Waals surface area contributed by atoms with E-state index in [4.69, 9.17) is 4.42 Å². The molecule has 4 aliphatic rings. The van der Waals surface area contributed by atoms with Crippen molar-refractivity contribution in [1.82, 2.24) is 0 Å². The largest absolute Gasteiger partial charge is 0.431 e. The van der Waals surface area contributed by atoms with Crippen molar-refractivity contribution in [2.45, 2.75) is 96.2 Å². The molecule has 4 nitrogen and oxygen atoms in total. The molecule has 1 unspecified atom stereocenters. The second-order valence-corrected chi connectivity index (χ2v) is 11.4. The van der Waals surface area contributed by atoms with E-state index >= 15 is 0 Å². The predicted octanol–water partition coefficient (Wildman–Crippen LogP) is 4.63. The van der Waals surface area contributed by atoms with Crippen LogP contribution in [0.4, 0.5) is 0 Å². The van der Waals surface area contributed by atoms with E-state index in [2.05, 4.69) is 20.8 Å². The topological polar surface area (TPSA) is 70.7 Å². The van der Waals surface area contributed by atoms with E-state index in [0.29, 0.717) is 11.8 Å². The normalized spacial score (nSPS) is 51.8. The average molecular weight is 401 g/mol. The van der Waals surface area contributed by atoms with E-state index < -0.39 is 5.60 Å². The summed E-state index contributed by atoms with van der Waals surface area (Å²) in [7, 11) is 0. The van der Waals surface area contributed by atoms with E-state index in [-0.39, 0.29) is 33.9 Å². The minimum Gasteiger partial charge on any atom is -0.431 e. The van der Waals surface area contributed by atoms with Crippen molar-refractivity contribution in [2.24, 2.45) is 28.1 Å².